The Morgan fingerprint density at radius 2 is 1.79 bits per heavy atom. The lowest BCUT2D eigenvalue weighted by atomic mass is 9.72. The van der Waals surface area contributed by atoms with Crippen LogP contribution in [-0.4, -0.2) is 13.9 Å². The van der Waals surface area contributed by atoms with Crippen molar-refractivity contribution in [2.45, 2.75) is 79.1 Å². The summed E-state index contributed by atoms with van der Waals surface area (Å²) < 4.78 is 6.25. The maximum absolute atomic E-state index is 6.25. The Hall–Kier alpha value is -0.343. The summed E-state index contributed by atoms with van der Waals surface area (Å²) in [7, 11) is -1.50. The lowest BCUT2D eigenvalue weighted by molar-refractivity contribution is 0.153. The highest BCUT2D eigenvalue weighted by Crippen LogP contribution is 2.41. The molecule has 0 fully saturated rings. The summed E-state index contributed by atoms with van der Waals surface area (Å²) in [4.78, 5) is 0. The van der Waals surface area contributed by atoms with Crippen LogP contribution in [0.25, 0.3) is 0 Å². The molecule has 0 radical (unpaired) electrons. The van der Waals surface area contributed by atoms with Crippen molar-refractivity contribution in [1.82, 2.24) is 0 Å². The van der Waals surface area contributed by atoms with Crippen molar-refractivity contribution in [2.24, 2.45) is 5.41 Å². The largest absolute Gasteiger partial charge is 0.409 e. The van der Waals surface area contributed by atoms with Gasteiger partial charge in [-0.2, -0.15) is 0 Å². The Morgan fingerprint density at radius 1 is 1.21 bits per heavy atom. The van der Waals surface area contributed by atoms with Crippen LogP contribution in [0.1, 0.15) is 53.9 Å². The SMILES string of the molecule is CC1=C(/C=C/C(C)(C)O[Si](C)(C)C)C(C)(C)CCC1. The molecule has 2 heteroatoms. The smallest absolute Gasteiger partial charge is 0.184 e. The molecule has 0 N–H and O–H groups in total. The lowest BCUT2D eigenvalue weighted by Crippen LogP contribution is -2.37. The minimum absolute atomic E-state index is 0.161. The molecule has 0 bridgehead atoms. The lowest BCUT2D eigenvalue weighted by Gasteiger charge is -2.34. The van der Waals surface area contributed by atoms with Gasteiger partial charge in [-0.3, -0.25) is 0 Å². The molecule has 1 rings (SSSR count). The van der Waals surface area contributed by atoms with Gasteiger partial charge in [-0.25, -0.2) is 0 Å². The van der Waals surface area contributed by atoms with Gasteiger partial charge >= 0.3 is 0 Å². The summed E-state index contributed by atoms with van der Waals surface area (Å²) in [6, 6.07) is 0. The van der Waals surface area contributed by atoms with Crippen LogP contribution >= 0.6 is 0 Å². The van der Waals surface area contributed by atoms with Crippen LogP contribution in [0.3, 0.4) is 0 Å². The third kappa shape index (κ3) is 5.27. The van der Waals surface area contributed by atoms with Gasteiger partial charge < -0.3 is 4.43 Å². The molecule has 0 heterocycles. The fraction of sp³-hybridized carbons (Fsp3) is 0.765. The van der Waals surface area contributed by atoms with Gasteiger partial charge in [-0.1, -0.05) is 31.6 Å². The molecule has 0 unspecified atom stereocenters. The monoisotopic (exact) mass is 280 g/mol. The van der Waals surface area contributed by atoms with Crippen molar-refractivity contribution in [3.05, 3.63) is 23.3 Å². The van der Waals surface area contributed by atoms with E-state index < -0.39 is 8.32 Å². The van der Waals surface area contributed by atoms with E-state index in [1.54, 1.807) is 5.57 Å². The van der Waals surface area contributed by atoms with E-state index in [0.29, 0.717) is 5.41 Å². The summed E-state index contributed by atoms with van der Waals surface area (Å²) in [6.07, 6.45) is 8.45. The first kappa shape index (κ1) is 16.7. The van der Waals surface area contributed by atoms with Crippen LogP contribution in [0.15, 0.2) is 23.3 Å². The van der Waals surface area contributed by atoms with Gasteiger partial charge in [0, 0.05) is 0 Å². The second kappa shape index (κ2) is 5.57. The normalized spacial score (nSPS) is 21.3. The molecule has 0 aromatic carbocycles. The standard InChI is InChI=1S/C17H32OSi/c1-14-10-9-12-16(2,3)15(14)11-13-17(4,5)18-19(6,7)8/h11,13H,9-10,12H2,1-8H3/b13-11+. The van der Waals surface area contributed by atoms with Crippen molar-refractivity contribution >= 4 is 8.32 Å². The number of rotatable bonds is 4. The number of allylic oxidation sites excluding steroid dienone is 3. The third-order valence-electron chi connectivity index (χ3n) is 3.76. The van der Waals surface area contributed by atoms with E-state index in [1.165, 1.54) is 24.8 Å². The van der Waals surface area contributed by atoms with Crippen molar-refractivity contribution in [1.29, 1.82) is 0 Å². The summed E-state index contributed by atoms with van der Waals surface area (Å²) >= 11 is 0. The Bertz CT molecular complexity index is 381. The van der Waals surface area contributed by atoms with Gasteiger partial charge in [0.25, 0.3) is 0 Å². The van der Waals surface area contributed by atoms with Gasteiger partial charge in [0.15, 0.2) is 8.32 Å². The molecule has 0 spiro atoms. The number of hydrogen-bond donors (Lipinski definition) is 0. The molecule has 0 aromatic heterocycles. The molecule has 0 atom stereocenters. The van der Waals surface area contributed by atoms with E-state index in [9.17, 15) is 0 Å². The van der Waals surface area contributed by atoms with Crippen LogP contribution in [0.5, 0.6) is 0 Å². The zero-order valence-corrected chi connectivity index (χ0v) is 15.2. The second-order valence-corrected chi connectivity index (χ2v) is 12.5. The van der Waals surface area contributed by atoms with Crippen LogP contribution < -0.4 is 0 Å². The van der Waals surface area contributed by atoms with Crippen molar-refractivity contribution < 1.29 is 4.43 Å². The molecule has 0 saturated heterocycles. The predicted octanol–water partition coefficient (Wildman–Crippen LogP) is 5.70. The molecule has 0 aliphatic heterocycles. The van der Waals surface area contributed by atoms with Crippen LogP contribution in [0, 0.1) is 5.41 Å². The maximum Gasteiger partial charge on any atom is 0.184 e. The van der Waals surface area contributed by atoms with Gasteiger partial charge in [-0.15, -0.1) is 0 Å². The first-order chi connectivity index (χ1) is 8.43. The summed E-state index contributed by atoms with van der Waals surface area (Å²) in [6.45, 7) is 18.1. The summed E-state index contributed by atoms with van der Waals surface area (Å²) in [5.74, 6) is 0. The highest BCUT2D eigenvalue weighted by atomic mass is 28.4. The van der Waals surface area contributed by atoms with E-state index in [2.05, 4.69) is 66.4 Å². The third-order valence-corrected chi connectivity index (χ3v) is 4.90. The maximum atomic E-state index is 6.25. The fourth-order valence-corrected chi connectivity index (χ4v) is 4.76. The molecular formula is C17H32OSi. The summed E-state index contributed by atoms with van der Waals surface area (Å²) in [5.41, 5.74) is 3.22. The van der Waals surface area contributed by atoms with E-state index in [4.69, 9.17) is 4.43 Å². The molecule has 0 saturated carbocycles. The first-order valence-electron chi connectivity index (χ1n) is 7.53. The average Bonchev–Trinajstić information content (AvgIpc) is 2.11. The first-order valence-corrected chi connectivity index (χ1v) is 10.9. The predicted molar refractivity (Wildman–Crippen MR) is 88.0 cm³/mol. The van der Waals surface area contributed by atoms with Gasteiger partial charge in [0.05, 0.1) is 5.60 Å². The Labute approximate surface area is 121 Å². The minimum atomic E-state index is -1.50. The molecule has 1 aliphatic rings. The quantitative estimate of drug-likeness (QED) is 0.600. The zero-order chi connectivity index (χ0) is 14.9. The zero-order valence-electron chi connectivity index (χ0n) is 14.2. The van der Waals surface area contributed by atoms with Gasteiger partial charge in [-0.05, 0) is 70.7 Å². The minimum Gasteiger partial charge on any atom is -0.409 e. The molecule has 1 nitrogen and oxygen atoms in total. The summed E-state index contributed by atoms with van der Waals surface area (Å²) in [5, 5.41) is 0. The van der Waals surface area contributed by atoms with Gasteiger partial charge in [0.2, 0.25) is 0 Å². The molecule has 0 amide bonds. The Morgan fingerprint density at radius 3 is 2.26 bits per heavy atom. The van der Waals surface area contributed by atoms with Crippen LogP contribution in [0.4, 0.5) is 0 Å². The topological polar surface area (TPSA) is 9.23 Å². The highest BCUT2D eigenvalue weighted by Gasteiger charge is 2.28. The average molecular weight is 281 g/mol. The molecular weight excluding hydrogens is 248 g/mol. The van der Waals surface area contributed by atoms with Gasteiger partial charge in [0.1, 0.15) is 0 Å². The van der Waals surface area contributed by atoms with E-state index in [-0.39, 0.29) is 5.60 Å². The molecule has 0 aromatic rings. The number of hydrogen-bond acceptors (Lipinski definition) is 1. The second-order valence-electron chi connectivity index (χ2n) is 8.08. The van der Waals surface area contributed by atoms with Crippen LogP contribution in [-0.2, 0) is 4.43 Å². The van der Waals surface area contributed by atoms with Crippen molar-refractivity contribution in [3.63, 3.8) is 0 Å². The fourth-order valence-electron chi connectivity index (χ4n) is 3.12. The van der Waals surface area contributed by atoms with E-state index in [1.807, 2.05) is 0 Å². The molecule has 110 valence electrons. The van der Waals surface area contributed by atoms with Crippen LogP contribution in [0.2, 0.25) is 19.6 Å². The highest BCUT2D eigenvalue weighted by molar-refractivity contribution is 6.69. The van der Waals surface area contributed by atoms with Crippen molar-refractivity contribution in [2.75, 3.05) is 0 Å². The van der Waals surface area contributed by atoms with Crippen molar-refractivity contribution in [3.8, 4) is 0 Å². The molecule has 19 heavy (non-hydrogen) atoms. The van der Waals surface area contributed by atoms with E-state index >= 15 is 0 Å². The molecule has 1 aliphatic carbocycles. The Kier molecular flexibility index (Phi) is 4.90. The van der Waals surface area contributed by atoms with E-state index in [0.717, 1.165) is 0 Å². The Balaban J connectivity index is 2.91.